The maximum Gasteiger partial charge on any atom is 0.422 e. The van der Waals surface area contributed by atoms with Gasteiger partial charge in [0, 0.05) is 6.07 Å². The topological polar surface area (TPSA) is 105 Å². The zero-order valence-corrected chi connectivity index (χ0v) is 19.6. The summed E-state index contributed by atoms with van der Waals surface area (Å²) >= 11 is 12.3. The number of amides is 2. The quantitative estimate of drug-likeness (QED) is 0.442. The van der Waals surface area contributed by atoms with Crippen molar-refractivity contribution in [2.24, 2.45) is 5.92 Å². The number of aromatic nitrogens is 2. The second-order valence-electron chi connectivity index (χ2n) is 8.26. The van der Waals surface area contributed by atoms with Gasteiger partial charge in [-0.2, -0.15) is 4.73 Å². The lowest BCUT2D eigenvalue weighted by atomic mass is 10.2. The van der Waals surface area contributed by atoms with Gasteiger partial charge in [0.1, 0.15) is 27.0 Å². The van der Waals surface area contributed by atoms with Crippen LogP contribution in [0.1, 0.15) is 44.1 Å². The van der Waals surface area contributed by atoms with E-state index in [1.807, 2.05) is 0 Å². The number of anilines is 1. The molecule has 172 valence electrons. The standard InChI is InChI=1S/C21H23Cl2N3O6/c1-21(2,3)32-20(28)26(18-13(22)9-25(29)10-14(18)23)19(27)15-7-16(17(30-4)8-24-15)31-11-12-5-6-12/h7-10,12H,5-6,11H2,1-4H3. The van der Waals surface area contributed by atoms with Crippen molar-refractivity contribution in [2.45, 2.75) is 39.2 Å². The minimum absolute atomic E-state index is 0.131. The fourth-order valence-electron chi connectivity index (χ4n) is 2.71. The van der Waals surface area contributed by atoms with E-state index in [4.69, 9.17) is 37.4 Å². The molecule has 0 bridgehead atoms. The van der Waals surface area contributed by atoms with Crippen molar-refractivity contribution in [2.75, 3.05) is 18.6 Å². The Morgan fingerprint density at radius 1 is 1.22 bits per heavy atom. The summed E-state index contributed by atoms with van der Waals surface area (Å²) in [6.45, 7) is 5.40. The molecule has 0 spiro atoms. The molecule has 0 saturated heterocycles. The van der Waals surface area contributed by atoms with Gasteiger partial charge in [-0.1, -0.05) is 23.2 Å². The van der Waals surface area contributed by atoms with Crippen LogP contribution >= 0.6 is 23.2 Å². The van der Waals surface area contributed by atoms with E-state index in [-0.39, 0.29) is 21.4 Å². The Balaban J connectivity index is 2.03. The van der Waals surface area contributed by atoms with Crippen molar-refractivity contribution < 1.29 is 28.5 Å². The molecule has 3 rings (SSSR count). The van der Waals surface area contributed by atoms with Gasteiger partial charge >= 0.3 is 6.09 Å². The number of carbonyl (C=O) groups is 2. The first-order chi connectivity index (χ1) is 15.0. The number of hydrogen-bond donors (Lipinski definition) is 0. The molecule has 11 heteroatoms. The Morgan fingerprint density at radius 2 is 1.84 bits per heavy atom. The fourth-order valence-corrected chi connectivity index (χ4v) is 3.32. The zero-order valence-electron chi connectivity index (χ0n) is 18.1. The molecule has 1 fully saturated rings. The number of pyridine rings is 2. The van der Waals surface area contributed by atoms with Crippen LogP contribution in [0.3, 0.4) is 0 Å². The molecule has 1 saturated carbocycles. The molecule has 0 aromatic carbocycles. The molecule has 0 radical (unpaired) electrons. The predicted molar refractivity (Wildman–Crippen MR) is 117 cm³/mol. The summed E-state index contributed by atoms with van der Waals surface area (Å²) in [5, 5.41) is 11.2. The zero-order chi connectivity index (χ0) is 23.6. The summed E-state index contributed by atoms with van der Waals surface area (Å²) in [6, 6.07) is 1.37. The van der Waals surface area contributed by atoms with Crippen molar-refractivity contribution in [3.63, 3.8) is 0 Å². The Hall–Kier alpha value is -2.78. The minimum Gasteiger partial charge on any atom is -0.619 e. The SMILES string of the molecule is COc1cnc(C(=O)N(C(=O)OC(C)(C)C)c2c(Cl)c[n+]([O-])cc2Cl)cc1OCC1CC1. The first kappa shape index (κ1) is 23.9. The van der Waals surface area contributed by atoms with Gasteiger partial charge in [0.25, 0.3) is 5.91 Å². The minimum atomic E-state index is -1.03. The first-order valence-corrected chi connectivity index (χ1v) is 10.6. The van der Waals surface area contributed by atoms with Crippen molar-refractivity contribution in [3.05, 3.63) is 45.6 Å². The molecule has 0 N–H and O–H groups in total. The van der Waals surface area contributed by atoms with Crippen LogP contribution in [-0.2, 0) is 4.74 Å². The van der Waals surface area contributed by atoms with Crippen molar-refractivity contribution in [1.29, 1.82) is 0 Å². The Labute approximate surface area is 195 Å². The molecule has 2 amide bonds. The van der Waals surface area contributed by atoms with Gasteiger partial charge in [-0.3, -0.25) is 4.79 Å². The molecule has 0 atom stereocenters. The molecular formula is C21H23Cl2N3O6. The molecule has 32 heavy (non-hydrogen) atoms. The van der Waals surface area contributed by atoms with E-state index in [1.165, 1.54) is 19.4 Å². The average Bonchev–Trinajstić information content (AvgIpc) is 3.51. The lowest BCUT2D eigenvalue weighted by Crippen LogP contribution is -2.42. The van der Waals surface area contributed by atoms with E-state index < -0.39 is 17.6 Å². The first-order valence-electron chi connectivity index (χ1n) is 9.82. The number of imide groups is 1. The monoisotopic (exact) mass is 483 g/mol. The number of nitrogens with zero attached hydrogens (tertiary/aromatic N) is 3. The third kappa shape index (κ3) is 5.72. The Morgan fingerprint density at radius 3 is 2.38 bits per heavy atom. The van der Waals surface area contributed by atoms with Gasteiger partial charge < -0.3 is 19.4 Å². The van der Waals surface area contributed by atoms with E-state index in [0.29, 0.717) is 33.7 Å². The Kier molecular flexibility index (Phi) is 7.00. The number of ether oxygens (including phenoxy) is 3. The molecule has 9 nitrogen and oxygen atoms in total. The summed E-state index contributed by atoms with van der Waals surface area (Å²) in [4.78, 5) is 31.2. The second kappa shape index (κ2) is 9.38. The summed E-state index contributed by atoms with van der Waals surface area (Å²) in [5.41, 5.74) is -1.25. The molecule has 0 aliphatic heterocycles. The van der Waals surface area contributed by atoms with Crippen LogP contribution in [-0.4, -0.2) is 36.3 Å². The van der Waals surface area contributed by atoms with E-state index in [2.05, 4.69) is 4.98 Å². The summed E-state index contributed by atoms with van der Waals surface area (Å²) < 4.78 is 16.8. The second-order valence-corrected chi connectivity index (χ2v) is 9.07. The van der Waals surface area contributed by atoms with E-state index in [0.717, 1.165) is 25.2 Å². The third-order valence-electron chi connectivity index (χ3n) is 4.38. The molecule has 2 aromatic heterocycles. The number of rotatable bonds is 6. The Bertz CT molecular complexity index is 1010. The van der Waals surface area contributed by atoms with Crippen molar-refractivity contribution in [3.8, 4) is 11.5 Å². The lowest BCUT2D eigenvalue weighted by molar-refractivity contribution is -0.605. The number of methoxy groups -OCH3 is 1. The van der Waals surface area contributed by atoms with Gasteiger partial charge in [-0.15, -0.1) is 0 Å². The van der Waals surface area contributed by atoms with Crippen molar-refractivity contribution >= 4 is 40.9 Å². The lowest BCUT2D eigenvalue weighted by Gasteiger charge is -2.26. The average molecular weight is 484 g/mol. The highest BCUT2D eigenvalue weighted by molar-refractivity contribution is 6.41. The van der Waals surface area contributed by atoms with Gasteiger partial charge in [-0.05, 0) is 39.5 Å². The number of halogens is 2. The van der Waals surface area contributed by atoms with Crippen LogP contribution in [0, 0.1) is 11.1 Å². The fraction of sp³-hybridized carbons (Fsp3) is 0.429. The third-order valence-corrected chi connectivity index (χ3v) is 4.93. The normalized spacial score (nSPS) is 13.4. The maximum atomic E-state index is 13.4. The predicted octanol–water partition coefficient (Wildman–Crippen LogP) is 4.40. The van der Waals surface area contributed by atoms with Crippen LogP contribution in [0.15, 0.2) is 24.7 Å². The molecule has 2 aromatic rings. The van der Waals surface area contributed by atoms with E-state index in [9.17, 15) is 14.8 Å². The van der Waals surface area contributed by atoms with Gasteiger partial charge in [0.2, 0.25) is 12.4 Å². The van der Waals surface area contributed by atoms with Crippen LogP contribution in [0.5, 0.6) is 11.5 Å². The molecule has 2 heterocycles. The van der Waals surface area contributed by atoms with Crippen LogP contribution in [0.25, 0.3) is 0 Å². The summed E-state index contributed by atoms with van der Waals surface area (Å²) in [7, 11) is 1.46. The summed E-state index contributed by atoms with van der Waals surface area (Å²) in [5.74, 6) is 0.246. The van der Waals surface area contributed by atoms with Crippen molar-refractivity contribution in [1.82, 2.24) is 4.98 Å². The van der Waals surface area contributed by atoms with Gasteiger partial charge in [0.15, 0.2) is 11.5 Å². The molecular weight excluding hydrogens is 461 g/mol. The molecule has 1 aliphatic carbocycles. The molecule has 0 unspecified atom stereocenters. The van der Waals surface area contributed by atoms with Crippen LogP contribution in [0.4, 0.5) is 10.5 Å². The highest BCUT2D eigenvalue weighted by Gasteiger charge is 2.35. The largest absolute Gasteiger partial charge is 0.619 e. The number of carbonyl (C=O) groups excluding carboxylic acids is 2. The van der Waals surface area contributed by atoms with E-state index in [1.54, 1.807) is 20.8 Å². The highest BCUT2D eigenvalue weighted by atomic mass is 35.5. The summed E-state index contributed by atoms with van der Waals surface area (Å²) in [6.07, 6.45) is 4.39. The van der Waals surface area contributed by atoms with Gasteiger partial charge in [0.05, 0.1) is 19.9 Å². The van der Waals surface area contributed by atoms with E-state index >= 15 is 0 Å². The van der Waals surface area contributed by atoms with Gasteiger partial charge in [-0.25, -0.2) is 14.7 Å². The number of hydrogen-bond acceptors (Lipinski definition) is 7. The molecule has 1 aliphatic rings. The smallest absolute Gasteiger partial charge is 0.422 e. The van der Waals surface area contributed by atoms with Crippen LogP contribution in [0.2, 0.25) is 10.0 Å². The maximum absolute atomic E-state index is 13.4. The van der Waals surface area contributed by atoms with Crippen LogP contribution < -0.4 is 19.1 Å². The highest BCUT2D eigenvalue weighted by Crippen LogP contribution is 2.36.